The van der Waals surface area contributed by atoms with Crippen molar-refractivity contribution in [2.45, 2.75) is 37.8 Å². The molecule has 1 atom stereocenters. The van der Waals surface area contributed by atoms with Crippen LogP contribution in [-0.4, -0.2) is 31.8 Å². The summed E-state index contributed by atoms with van der Waals surface area (Å²) in [5.41, 5.74) is 2.38. The average molecular weight is 372 g/mol. The summed E-state index contributed by atoms with van der Waals surface area (Å²) in [4.78, 5) is 15.0. The van der Waals surface area contributed by atoms with E-state index in [1.54, 1.807) is 23.1 Å². The van der Waals surface area contributed by atoms with E-state index < -0.39 is 16.1 Å². The number of sulfonamides is 1. The second kappa shape index (κ2) is 7.60. The van der Waals surface area contributed by atoms with E-state index in [4.69, 9.17) is 0 Å². The van der Waals surface area contributed by atoms with E-state index in [0.29, 0.717) is 13.1 Å². The summed E-state index contributed by atoms with van der Waals surface area (Å²) >= 11 is 0. The molecule has 2 aromatic rings. The third kappa shape index (κ3) is 3.97. The maximum atomic E-state index is 13.1. The summed E-state index contributed by atoms with van der Waals surface area (Å²) in [6.07, 6.45) is 0.790. The van der Waals surface area contributed by atoms with E-state index >= 15 is 0 Å². The minimum atomic E-state index is -3.75. The van der Waals surface area contributed by atoms with Crippen molar-refractivity contribution in [3.63, 3.8) is 0 Å². The monoisotopic (exact) mass is 372 g/mol. The van der Waals surface area contributed by atoms with Crippen LogP contribution in [0.15, 0.2) is 59.5 Å². The highest BCUT2D eigenvalue weighted by atomic mass is 32.2. The molecule has 0 aromatic heterocycles. The number of nitrogens with zero attached hydrogens (tertiary/aromatic N) is 1. The Balaban J connectivity index is 1.79. The number of benzene rings is 2. The van der Waals surface area contributed by atoms with Crippen molar-refractivity contribution in [1.29, 1.82) is 0 Å². The molecule has 1 heterocycles. The lowest BCUT2D eigenvalue weighted by Gasteiger charge is -2.33. The number of carbonyl (C=O) groups is 1. The lowest BCUT2D eigenvalue weighted by molar-refractivity contribution is -0.135. The molecule has 0 radical (unpaired) electrons. The molecule has 26 heavy (non-hydrogen) atoms. The fourth-order valence-corrected chi connectivity index (χ4v) is 4.55. The summed E-state index contributed by atoms with van der Waals surface area (Å²) in [5.74, 6) is -0.327. The zero-order valence-corrected chi connectivity index (χ0v) is 15.9. The predicted octanol–water partition coefficient (Wildman–Crippen LogP) is 2.57. The van der Waals surface area contributed by atoms with Crippen LogP contribution in [0.1, 0.15) is 25.0 Å². The molecule has 0 spiro atoms. The van der Waals surface area contributed by atoms with Crippen molar-refractivity contribution < 1.29 is 13.2 Å². The van der Waals surface area contributed by atoms with Gasteiger partial charge in [-0.15, -0.1) is 0 Å². The molecule has 0 unspecified atom stereocenters. The zero-order chi connectivity index (χ0) is 18.7. The van der Waals surface area contributed by atoms with Gasteiger partial charge in [-0.2, -0.15) is 4.72 Å². The number of amides is 1. The molecule has 6 heteroatoms. The first-order valence-electron chi connectivity index (χ1n) is 8.81. The van der Waals surface area contributed by atoms with Gasteiger partial charge < -0.3 is 4.90 Å². The maximum Gasteiger partial charge on any atom is 0.241 e. The molecule has 0 bridgehead atoms. The van der Waals surface area contributed by atoms with Crippen molar-refractivity contribution in [1.82, 2.24) is 9.62 Å². The maximum absolute atomic E-state index is 13.1. The van der Waals surface area contributed by atoms with Crippen LogP contribution < -0.4 is 4.72 Å². The van der Waals surface area contributed by atoms with Gasteiger partial charge in [-0.3, -0.25) is 4.79 Å². The van der Waals surface area contributed by atoms with Crippen LogP contribution in [0.4, 0.5) is 0 Å². The van der Waals surface area contributed by atoms with Crippen molar-refractivity contribution in [3.05, 3.63) is 65.7 Å². The SMILES string of the molecule is CC(C)[C@@H](NS(=O)(=O)c1ccccc1)C(=O)N1CCc2ccccc2C1. The fraction of sp³-hybridized carbons (Fsp3) is 0.350. The number of fused-ring (bicyclic) bond motifs is 1. The molecule has 0 fully saturated rings. The second-order valence-corrected chi connectivity index (χ2v) is 8.65. The number of hydrogen-bond donors (Lipinski definition) is 1. The van der Waals surface area contributed by atoms with Crippen LogP contribution in [-0.2, 0) is 27.8 Å². The topological polar surface area (TPSA) is 66.5 Å². The minimum Gasteiger partial charge on any atom is -0.337 e. The van der Waals surface area contributed by atoms with Crippen molar-refractivity contribution in [2.24, 2.45) is 5.92 Å². The third-order valence-electron chi connectivity index (χ3n) is 4.71. The number of nitrogens with one attached hydrogen (secondary N) is 1. The lowest BCUT2D eigenvalue weighted by atomic mass is 9.97. The van der Waals surface area contributed by atoms with Gasteiger partial charge in [0.25, 0.3) is 0 Å². The predicted molar refractivity (Wildman–Crippen MR) is 101 cm³/mol. The Morgan fingerprint density at radius 3 is 2.27 bits per heavy atom. The lowest BCUT2D eigenvalue weighted by Crippen LogP contribution is -2.52. The van der Waals surface area contributed by atoms with E-state index in [9.17, 15) is 13.2 Å². The van der Waals surface area contributed by atoms with Gasteiger partial charge in [0.15, 0.2) is 0 Å². The Morgan fingerprint density at radius 1 is 1.00 bits per heavy atom. The summed E-state index contributed by atoms with van der Waals surface area (Å²) in [6.45, 7) is 4.83. The quantitative estimate of drug-likeness (QED) is 0.877. The van der Waals surface area contributed by atoms with Gasteiger partial charge in [0.05, 0.1) is 4.90 Å². The van der Waals surface area contributed by atoms with Gasteiger partial charge in [-0.1, -0.05) is 56.3 Å². The van der Waals surface area contributed by atoms with Crippen molar-refractivity contribution in [3.8, 4) is 0 Å². The molecule has 1 N–H and O–H groups in total. The molecule has 3 rings (SSSR count). The molecule has 0 saturated heterocycles. The van der Waals surface area contributed by atoms with Crippen LogP contribution >= 0.6 is 0 Å². The summed E-state index contributed by atoms with van der Waals surface area (Å²) in [6, 6.07) is 15.4. The normalized spacial score (nSPS) is 15.6. The van der Waals surface area contributed by atoms with Crippen molar-refractivity contribution in [2.75, 3.05) is 6.54 Å². The molecule has 2 aromatic carbocycles. The third-order valence-corrected chi connectivity index (χ3v) is 6.17. The molecule has 0 saturated carbocycles. The van der Waals surface area contributed by atoms with Gasteiger partial charge in [0, 0.05) is 13.1 Å². The first kappa shape index (κ1) is 18.6. The first-order valence-corrected chi connectivity index (χ1v) is 10.3. The van der Waals surface area contributed by atoms with Crippen LogP contribution in [0.5, 0.6) is 0 Å². The Bertz CT molecular complexity index is 879. The summed E-state index contributed by atoms with van der Waals surface area (Å²) < 4.78 is 27.9. The molecule has 1 aliphatic heterocycles. The molecule has 0 aliphatic carbocycles. The largest absolute Gasteiger partial charge is 0.337 e. The van der Waals surface area contributed by atoms with Crippen LogP contribution in [0, 0.1) is 5.92 Å². The minimum absolute atomic E-state index is 0.154. The second-order valence-electron chi connectivity index (χ2n) is 6.93. The van der Waals surface area contributed by atoms with Gasteiger partial charge in [-0.25, -0.2) is 8.42 Å². The van der Waals surface area contributed by atoms with Gasteiger partial charge in [-0.05, 0) is 35.6 Å². The molecule has 138 valence electrons. The van der Waals surface area contributed by atoms with Gasteiger partial charge >= 0.3 is 0 Å². The molecule has 5 nitrogen and oxygen atoms in total. The Hall–Kier alpha value is -2.18. The van der Waals surface area contributed by atoms with Gasteiger partial charge in [0.2, 0.25) is 15.9 Å². The van der Waals surface area contributed by atoms with Crippen LogP contribution in [0.2, 0.25) is 0 Å². The van der Waals surface area contributed by atoms with E-state index in [2.05, 4.69) is 10.8 Å². The molecule has 1 amide bonds. The Labute approximate surface area is 155 Å². The van der Waals surface area contributed by atoms with Crippen LogP contribution in [0.3, 0.4) is 0 Å². The molecular formula is C20H24N2O3S. The summed E-state index contributed by atoms with van der Waals surface area (Å²) in [5, 5.41) is 0. The average Bonchev–Trinajstić information content (AvgIpc) is 2.65. The highest BCUT2D eigenvalue weighted by Gasteiger charge is 2.32. The first-order chi connectivity index (χ1) is 12.4. The van der Waals surface area contributed by atoms with Crippen molar-refractivity contribution >= 4 is 15.9 Å². The van der Waals surface area contributed by atoms with E-state index in [0.717, 1.165) is 12.0 Å². The number of hydrogen-bond acceptors (Lipinski definition) is 3. The molecular weight excluding hydrogens is 348 g/mol. The Morgan fingerprint density at radius 2 is 1.62 bits per heavy atom. The smallest absolute Gasteiger partial charge is 0.241 e. The van der Waals surface area contributed by atoms with E-state index in [1.165, 1.54) is 17.7 Å². The fourth-order valence-electron chi connectivity index (χ4n) is 3.19. The molecule has 1 aliphatic rings. The zero-order valence-electron chi connectivity index (χ0n) is 15.1. The van der Waals surface area contributed by atoms with Crippen LogP contribution in [0.25, 0.3) is 0 Å². The highest BCUT2D eigenvalue weighted by molar-refractivity contribution is 7.89. The van der Waals surface area contributed by atoms with E-state index in [-0.39, 0.29) is 16.7 Å². The summed E-state index contributed by atoms with van der Waals surface area (Å²) in [7, 11) is -3.75. The highest BCUT2D eigenvalue weighted by Crippen LogP contribution is 2.21. The number of carbonyl (C=O) groups excluding carboxylic acids is 1. The van der Waals surface area contributed by atoms with E-state index in [1.807, 2.05) is 32.0 Å². The Kier molecular flexibility index (Phi) is 5.44. The standard InChI is InChI=1S/C20H24N2O3S/c1-15(2)19(21-26(24,25)18-10-4-3-5-11-18)20(23)22-13-12-16-8-6-7-9-17(16)14-22/h3-11,15,19,21H,12-14H2,1-2H3/t19-/m1/s1. The van der Waals surface area contributed by atoms with Gasteiger partial charge in [0.1, 0.15) is 6.04 Å². The number of rotatable bonds is 5.